The van der Waals surface area contributed by atoms with Gasteiger partial charge < -0.3 is 18.9 Å². The third-order valence-electron chi connectivity index (χ3n) is 3.21. The predicted octanol–water partition coefficient (Wildman–Crippen LogP) is 0.0904. The second-order valence-corrected chi connectivity index (χ2v) is 4.18. The quantitative estimate of drug-likeness (QED) is 0.621. The Morgan fingerprint density at radius 3 is 2.93 bits per heavy atom. The first kappa shape index (κ1) is 11.4. The highest BCUT2D eigenvalue weighted by Crippen LogP contribution is 2.39. The van der Waals surface area contributed by atoms with E-state index in [1.54, 1.807) is 14.2 Å². The molecular formula is C10H17BO4. The molecule has 2 aliphatic heterocycles. The summed E-state index contributed by atoms with van der Waals surface area (Å²) < 4.78 is 22.1. The number of rotatable bonds is 3. The van der Waals surface area contributed by atoms with E-state index in [1.165, 1.54) is 0 Å². The van der Waals surface area contributed by atoms with Gasteiger partial charge in [0.25, 0.3) is 0 Å². The van der Waals surface area contributed by atoms with Crippen LogP contribution in [-0.2, 0) is 18.9 Å². The third kappa shape index (κ3) is 1.82. The van der Waals surface area contributed by atoms with E-state index in [0.717, 1.165) is 12.8 Å². The van der Waals surface area contributed by atoms with Crippen molar-refractivity contribution in [2.24, 2.45) is 0 Å². The largest absolute Gasteiger partial charge is 0.382 e. The van der Waals surface area contributed by atoms with Crippen LogP contribution >= 0.6 is 0 Å². The number of ether oxygens (including phenoxy) is 4. The fourth-order valence-electron chi connectivity index (χ4n) is 2.63. The molecule has 0 saturated carbocycles. The van der Waals surface area contributed by atoms with Gasteiger partial charge in [0.15, 0.2) is 0 Å². The standard InChI is InChI=1S/C10H17BO4/c1-12-6-10-4-3-5-14-7(8(10)13-2)9(11)15-10/h7-9H,3-6H2,1-2H3. The first-order valence-electron chi connectivity index (χ1n) is 5.30. The molecule has 2 saturated heterocycles. The zero-order valence-electron chi connectivity index (χ0n) is 9.27. The molecule has 2 bridgehead atoms. The summed E-state index contributed by atoms with van der Waals surface area (Å²) in [5.41, 5.74) is -0.427. The molecule has 0 aromatic carbocycles. The summed E-state index contributed by atoms with van der Waals surface area (Å²) in [6.45, 7) is 1.21. The van der Waals surface area contributed by atoms with Crippen molar-refractivity contribution in [3.8, 4) is 0 Å². The Balaban J connectivity index is 2.23. The monoisotopic (exact) mass is 212 g/mol. The van der Waals surface area contributed by atoms with Crippen molar-refractivity contribution >= 4 is 7.85 Å². The van der Waals surface area contributed by atoms with E-state index in [0.29, 0.717) is 13.2 Å². The van der Waals surface area contributed by atoms with Gasteiger partial charge in [-0.25, -0.2) is 0 Å². The average molecular weight is 212 g/mol. The Kier molecular flexibility index (Phi) is 3.35. The lowest BCUT2D eigenvalue weighted by molar-refractivity contribution is -0.119. The summed E-state index contributed by atoms with van der Waals surface area (Å²) in [6, 6.07) is -0.412. The van der Waals surface area contributed by atoms with Gasteiger partial charge in [0.1, 0.15) is 25.7 Å². The van der Waals surface area contributed by atoms with Gasteiger partial charge in [-0.3, -0.25) is 0 Å². The Morgan fingerprint density at radius 2 is 2.27 bits per heavy atom. The molecule has 0 amide bonds. The molecule has 5 heteroatoms. The van der Waals surface area contributed by atoms with Crippen LogP contribution in [0.5, 0.6) is 0 Å². The molecule has 0 aromatic heterocycles. The first-order valence-corrected chi connectivity index (χ1v) is 5.30. The van der Waals surface area contributed by atoms with Crippen LogP contribution in [-0.4, -0.2) is 59.1 Å². The predicted molar refractivity (Wildman–Crippen MR) is 55.0 cm³/mol. The summed E-state index contributed by atoms with van der Waals surface area (Å²) >= 11 is 0. The van der Waals surface area contributed by atoms with E-state index in [1.807, 2.05) is 0 Å². The maximum absolute atomic E-state index is 5.89. The molecule has 2 fully saturated rings. The lowest BCUT2D eigenvalue weighted by Gasteiger charge is -2.32. The van der Waals surface area contributed by atoms with Crippen LogP contribution in [0.25, 0.3) is 0 Å². The number of hydrogen-bond acceptors (Lipinski definition) is 4. The van der Waals surface area contributed by atoms with E-state index in [9.17, 15) is 0 Å². The Labute approximate surface area is 91.6 Å². The second-order valence-electron chi connectivity index (χ2n) is 4.18. The highest BCUT2D eigenvalue weighted by molar-refractivity contribution is 6.11. The van der Waals surface area contributed by atoms with Crippen LogP contribution in [0, 0.1) is 0 Å². The highest BCUT2D eigenvalue weighted by atomic mass is 16.6. The molecule has 4 unspecified atom stereocenters. The summed E-state index contributed by atoms with van der Waals surface area (Å²) in [5.74, 6) is 0. The minimum Gasteiger partial charge on any atom is -0.382 e. The van der Waals surface area contributed by atoms with Crippen LogP contribution in [0.1, 0.15) is 12.8 Å². The van der Waals surface area contributed by atoms with E-state index in [2.05, 4.69) is 0 Å². The molecular weight excluding hydrogens is 195 g/mol. The maximum Gasteiger partial charge on any atom is 0.120 e. The minimum atomic E-state index is -0.427. The van der Waals surface area contributed by atoms with Crippen LogP contribution < -0.4 is 0 Å². The van der Waals surface area contributed by atoms with E-state index in [-0.39, 0.29) is 12.2 Å². The van der Waals surface area contributed by atoms with E-state index >= 15 is 0 Å². The smallest absolute Gasteiger partial charge is 0.120 e. The maximum atomic E-state index is 5.89. The van der Waals surface area contributed by atoms with Crippen LogP contribution in [0.4, 0.5) is 0 Å². The second kappa shape index (κ2) is 4.41. The minimum absolute atomic E-state index is 0.130. The Morgan fingerprint density at radius 1 is 1.47 bits per heavy atom. The molecule has 2 aliphatic rings. The molecule has 4 nitrogen and oxygen atoms in total. The van der Waals surface area contributed by atoms with Gasteiger partial charge in [0.2, 0.25) is 0 Å². The topological polar surface area (TPSA) is 36.9 Å². The van der Waals surface area contributed by atoms with Gasteiger partial charge in [0, 0.05) is 26.8 Å². The van der Waals surface area contributed by atoms with Gasteiger partial charge in [-0.2, -0.15) is 0 Å². The van der Waals surface area contributed by atoms with Crippen LogP contribution in [0.15, 0.2) is 0 Å². The van der Waals surface area contributed by atoms with Crippen molar-refractivity contribution in [2.45, 2.75) is 36.7 Å². The van der Waals surface area contributed by atoms with Crippen molar-refractivity contribution in [2.75, 3.05) is 27.4 Å². The van der Waals surface area contributed by atoms with Crippen molar-refractivity contribution in [3.63, 3.8) is 0 Å². The Bertz CT molecular complexity index is 225. The van der Waals surface area contributed by atoms with Crippen molar-refractivity contribution in [3.05, 3.63) is 0 Å². The summed E-state index contributed by atoms with van der Waals surface area (Å²) in [7, 11) is 9.21. The lowest BCUT2D eigenvalue weighted by Crippen LogP contribution is -2.47. The molecule has 0 aromatic rings. The molecule has 2 radical (unpaired) electrons. The fraction of sp³-hybridized carbons (Fsp3) is 1.00. The van der Waals surface area contributed by atoms with E-state index in [4.69, 9.17) is 26.8 Å². The van der Waals surface area contributed by atoms with Gasteiger partial charge >= 0.3 is 0 Å². The lowest BCUT2D eigenvalue weighted by atomic mass is 9.88. The normalized spacial score (nSPS) is 45.3. The number of fused-ring (bicyclic) bond motifs is 2. The fourth-order valence-corrected chi connectivity index (χ4v) is 2.63. The molecule has 2 heterocycles. The van der Waals surface area contributed by atoms with Crippen molar-refractivity contribution < 1.29 is 18.9 Å². The van der Waals surface area contributed by atoms with Crippen molar-refractivity contribution in [1.29, 1.82) is 0 Å². The molecule has 0 N–H and O–H groups in total. The van der Waals surface area contributed by atoms with E-state index < -0.39 is 11.6 Å². The first-order chi connectivity index (χ1) is 7.23. The molecule has 4 atom stereocenters. The SMILES string of the molecule is [B]C1OC2(COC)CCCOC1C2OC. The highest BCUT2D eigenvalue weighted by Gasteiger charge is 2.55. The molecule has 0 spiro atoms. The number of hydrogen-bond donors (Lipinski definition) is 0. The summed E-state index contributed by atoms with van der Waals surface area (Å²) in [4.78, 5) is 0. The van der Waals surface area contributed by atoms with Gasteiger partial charge in [-0.15, -0.1) is 0 Å². The third-order valence-corrected chi connectivity index (χ3v) is 3.21. The van der Waals surface area contributed by atoms with Crippen molar-refractivity contribution in [1.82, 2.24) is 0 Å². The molecule has 84 valence electrons. The number of methoxy groups -OCH3 is 2. The van der Waals surface area contributed by atoms with Gasteiger partial charge in [-0.05, 0) is 12.8 Å². The van der Waals surface area contributed by atoms with Crippen LogP contribution in [0.2, 0.25) is 0 Å². The summed E-state index contributed by atoms with van der Waals surface area (Å²) in [6.07, 6.45) is 1.51. The van der Waals surface area contributed by atoms with Crippen LogP contribution in [0.3, 0.4) is 0 Å². The average Bonchev–Trinajstić information content (AvgIpc) is 2.35. The molecule has 0 aliphatic carbocycles. The van der Waals surface area contributed by atoms with Gasteiger partial charge in [-0.1, -0.05) is 0 Å². The Hall–Kier alpha value is -0.0951. The zero-order chi connectivity index (χ0) is 10.9. The summed E-state index contributed by atoms with van der Waals surface area (Å²) in [5, 5.41) is 0. The molecule has 2 rings (SSSR count). The van der Waals surface area contributed by atoms with Gasteiger partial charge in [0.05, 0.1) is 6.61 Å². The zero-order valence-corrected chi connectivity index (χ0v) is 9.27. The molecule has 15 heavy (non-hydrogen) atoms.